The molecule has 0 bridgehead atoms. The lowest BCUT2D eigenvalue weighted by Gasteiger charge is -2.34. The second-order valence-corrected chi connectivity index (χ2v) is 5.41. The van der Waals surface area contributed by atoms with E-state index < -0.39 is 6.04 Å². The van der Waals surface area contributed by atoms with Gasteiger partial charge in [-0.15, -0.1) is 0 Å². The number of hydrogen-bond acceptors (Lipinski definition) is 4. The Bertz CT molecular complexity index is 323. The molecule has 1 aliphatic heterocycles. The molecule has 3 N–H and O–H groups in total. The van der Waals surface area contributed by atoms with Crippen LogP contribution in [0.4, 0.5) is 0 Å². The zero-order valence-corrected chi connectivity index (χ0v) is 12.6. The van der Waals surface area contributed by atoms with Crippen LogP contribution in [0.25, 0.3) is 0 Å². The third-order valence-corrected chi connectivity index (χ3v) is 3.56. The fourth-order valence-corrected chi connectivity index (χ4v) is 2.49. The summed E-state index contributed by atoms with van der Waals surface area (Å²) in [5, 5.41) is 2.93. The average Bonchev–Trinajstić information content (AvgIpc) is 2.45. The highest BCUT2D eigenvalue weighted by Crippen LogP contribution is 2.16. The van der Waals surface area contributed by atoms with Gasteiger partial charge in [0.1, 0.15) is 6.04 Å². The summed E-state index contributed by atoms with van der Waals surface area (Å²) < 4.78 is 4.92. The number of ether oxygens (including phenoxy) is 1. The van der Waals surface area contributed by atoms with Crippen molar-refractivity contribution in [2.75, 3.05) is 33.4 Å². The predicted octanol–water partition coefficient (Wildman–Crippen LogP) is 0.115. The number of nitrogens with one attached hydrogen (secondary N) is 1. The van der Waals surface area contributed by atoms with Crippen molar-refractivity contribution in [1.82, 2.24) is 10.2 Å². The van der Waals surface area contributed by atoms with E-state index in [-0.39, 0.29) is 18.4 Å². The van der Waals surface area contributed by atoms with Crippen molar-refractivity contribution in [3.63, 3.8) is 0 Å². The molecule has 0 aromatic carbocycles. The minimum Gasteiger partial charge on any atom is -0.383 e. The molecule has 1 aliphatic rings. The van der Waals surface area contributed by atoms with Crippen molar-refractivity contribution in [3.05, 3.63) is 0 Å². The van der Waals surface area contributed by atoms with Crippen LogP contribution in [0.2, 0.25) is 0 Å². The van der Waals surface area contributed by atoms with Gasteiger partial charge >= 0.3 is 0 Å². The number of nitrogens with zero attached hydrogens (tertiary/aromatic N) is 1. The van der Waals surface area contributed by atoms with E-state index in [0.717, 1.165) is 25.8 Å². The molecule has 0 aromatic rings. The summed E-state index contributed by atoms with van der Waals surface area (Å²) in [5.74, 6) is 0.353. The van der Waals surface area contributed by atoms with Gasteiger partial charge in [-0.05, 0) is 25.2 Å². The van der Waals surface area contributed by atoms with Crippen LogP contribution in [0, 0.1) is 5.92 Å². The molecule has 0 radical (unpaired) electrons. The van der Waals surface area contributed by atoms with E-state index in [1.54, 1.807) is 4.90 Å². The lowest BCUT2D eigenvalue weighted by Crippen LogP contribution is -2.51. The van der Waals surface area contributed by atoms with E-state index in [2.05, 4.69) is 5.32 Å². The molecule has 1 fully saturated rings. The number of piperidine rings is 1. The summed E-state index contributed by atoms with van der Waals surface area (Å²) in [6.07, 6.45) is 3.41. The smallest absolute Gasteiger partial charge is 0.241 e. The van der Waals surface area contributed by atoms with E-state index in [9.17, 15) is 9.59 Å². The molecule has 20 heavy (non-hydrogen) atoms. The Morgan fingerprint density at radius 3 is 2.90 bits per heavy atom. The van der Waals surface area contributed by atoms with E-state index in [1.807, 2.05) is 6.92 Å². The summed E-state index contributed by atoms with van der Waals surface area (Å²) in [6, 6.07) is -0.589. The third kappa shape index (κ3) is 5.46. The molecule has 0 aliphatic carbocycles. The maximum atomic E-state index is 12.1. The normalized spacial score (nSPS) is 20.6. The fourth-order valence-electron chi connectivity index (χ4n) is 2.49. The van der Waals surface area contributed by atoms with Gasteiger partial charge in [-0.3, -0.25) is 9.59 Å². The molecule has 0 spiro atoms. The SMILES string of the molecule is CCCC(=O)NCC1CCCN(C(=O)C(N)COC)C1. The van der Waals surface area contributed by atoms with Crippen molar-refractivity contribution in [2.24, 2.45) is 11.7 Å². The zero-order valence-electron chi connectivity index (χ0n) is 12.6. The summed E-state index contributed by atoms with van der Waals surface area (Å²) in [4.78, 5) is 25.4. The monoisotopic (exact) mass is 285 g/mol. The molecule has 6 heteroatoms. The molecule has 2 unspecified atom stereocenters. The number of rotatable bonds is 7. The first-order chi connectivity index (χ1) is 9.58. The summed E-state index contributed by atoms with van der Waals surface area (Å²) >= 11 is 0. The summed E-state index contributed by atoms with van der Waals surface area (Å²) in [6.45, 7) is 4.28. The van der Waals surface area contributed by atoms with E-state index in [0.29, 0.717) is 25.4 Å². The molecule has 2 amide bonds. The van der Waals surface area contributed by atoms with Gasteiger partial charge in [-0.1, -0.05) is 6.92 Å². The Labute approximate surface area is 121 Å². The van der Waals surface area contributed by atoms with E-state index in [4.69, 9.17) is 10.5 Å². The Morgan fingerprint density at radius 1 is 1.50 bits per heavy atom. The van der Waals surface area contributed by atoms with Crippen molar-refractivity contribution < 1.29 is 14.3 Å². The Kier molecular flexibility index (Phi) is 7.54. The first-order valence-electron chi connectivity index (χ1n) is 7.38. The minimum atomic E-state index is -0.589. The molecule has 1 saturated heterocycles. The van der Waals surface area contributed by atoms with Crippen LogP contribution in [-0.2, 0) is 14.3 Å². The lowest BCUT2D eigenvalue weighted by molar-refractivity contribution is -0.135. The topological polar surface area (TPSA) is 84.7 Å². The number of carbonyl (C=O) groups excluding carboxylic acids is 2. The third-order valence-electron chi connectivity index (χ3n) is 3.56. The highest BCUT2D eigenvalue weighted by Gasteiger charge is 2.27. The minimum absolute atomic E-state index is 0.0589. The molecular weight excluding hydrogens is 258 g/mol. The van der Waals surface area contributed by atoms with Crippen molar-refractivity contribution in [2.45, 2.75) is 38.6 Å². The standard InChI is InChI=1S/C14H27N3O3/c1-3-5-13(18)16-8-11-6-4-7-17(9-11)14(19)12(15)10-20-2/h11-12H,3-10,15H2,1-2H3,(H,16,18). The van der Waals surface area contributed by atoms with Crippen LogP contribution in [0.3, 0.4) is 0 Å². The van der Waals surface area contributed by atoms with Gasteiger partial charge in [-0.25, -0.2) is 0 Å². The van der Waals surface area contributed by atoms with Crippen LogP contribution < -0.4 is 11.1 Å². The van der Waals surface area contributed by atoms with Gasteiger partial charge in [0.15, 0.2) is 0 Å². The highest BCUT2D eigenvalue weighted by molar-refractivity contribution is 5.82. The number of hydrogen-bond donors (Lipinski definition) is 2. The van der Waals surface area contributed by atoms with Crippen LogP contribution in [0.5, 0.6) is 0 Å². The van der Waals surface area contributed by atoms with Crippen LogP contribution >= 0.6 is 0 Å². The van der Waals surface area contributed by atoms with Crippen LogP contribution in [0.15, 0.2) is 0 Å². The first kappa shape index (κ1) is 16.9. The number of methoxy groups -OCH3 is 1. The molecule has 2 atom stereocenters. The van der Waals surface area contributed by atoms with E-state index >= 15 is 0 Å². The van der Waals surface area contributed by atoms with Gasteiger partial charge in [0.25, 0.3) is 0 Å². The second-order valence-electron chi connectivity index (χ2n) is 5.41. The number of nitrogens with two attached hydrogens (primary N) is 1. The van der Waals surface area contributed by atoms with Crippen molar-refractivity contribution >= 4 is 11.8 Å². The average molecular weight is 285 g/mol. The first-order valence-corrected chi connectivity index (χ1v) is 7.38. The summed E-state index contributed by atoms with van der Waals surface area (Å²) in [5.41, 5.74) is 5.78. The highest BCUT2D eigenvalue weighted by atomic mass is 16.5. The lowest BCUT2D eigenvalue weighted by atomic mass is 9.97. The molecule has 0 aromatic heterocycles. The zero-order chi connectivity index (χ0) is 15.0. The molecule has 116 valence electrons. The quantitative estimate of drug-likeness (QED) is 0.695. The fraction of sp³-hybridized carbons (Fsp3) is 0.857. The van der Waals surface area contributed by atoms with E-state index in [1.165, 1.54) is 7.11 Å². The largest absolute Gasteiger partial charge is 0.383 e. The number of carbonyl (C=O) groups is 2. The van der Waals surface area contributed by atoms with Gasteiger partial charge < -0.3 is 20.7 Å². The Hall–Kier alpha value is -1.14. The van der Waals surface area contributed by atoms with Crippen molar-refractivity contribution in [3.8, 4) is 0 Å². The Balaban J connectivity index is 2.38. The molecule has 0 saturated carbocycles. The maximum Gasteiger partial charge on any atom is 0.241 e. The maximum absolute atomic E-state index is 12.1. The second kappa shape index (κ2) is 8.92. The molecular formula is C14H27N3O3. The Morgan fingerprint density at radius 2 is 2.25 bits per heavy atom. The molecule has 1 rings (SSSR count). The molecule has 1 heterocycles. The number of likely N-dealkylation sites (tertiary alicyclic amines) is 1. The van der Waals surface area contributed by atoms with Crippen molar-refractivity contribution in [1.29, 1.82) is 0 Å². The van der Waals surface area contributed by atoms with Gasteiger partial charge in [0.2, 0.25) is 11.8 Å². The van der Waals surface area contributed by atoms with Crippen LogP contribution in [0.1, 0.15) is 32.6 Å². The van der Waals surface area contributed by atoms with Crippen LogP contribution in [-0.4, -0.2) is 56.1 Å². The summed E-state index contributed by atoms with van der Waals surface area (Å²) in [7, 11) is 1.54. The van der Waals surface area contributed by atoms with Gasteiger partial charge in [0, 0.05) is 33.2 Å². The van der Waals surface area contributed by atoms with Gasteiger partial charge in [-0.2, -0.15) is 0 Å². The predicted molar refractivity (Wildman–Crippen MR) is 77.1 cm³/mol. The number of amides is 2. The van der Waals surface area contributed by atoms with Gasteiger partial charge in [0.05, 0.1) is 6.61 Å². The molecule has 6 nitrogen and oxygen atoms in total.